The first-order valence-corrected chi connectivity index (χ1v) is 3.87. The number of aromatic nitrogens is 2. The number of fused-ring (bicyclic) bond motifs is 1. The summed E-state index contributed by atoms with van der Waals surface area (Å²) in [7, 11) is 0. The van der Waals surface area contributed by atoms with E-state index in [2.05, 4.69) is 4.98 Å². The molecule has 2 heterocycles. The molecule has 2 rings (SSSR count). The van der Waals surface area contributed by atoms with Gasteiger partial charge in [0.05, 0.1) is 5.69 Å². The predicted molar refractivity (Wildman–Crippen MR) is 46.9 cm³/mol. The minimum absolute atomic E-state index is 0.117. The van der Waals surface area contributed by atoms with Gasteiger partial charge in [0, 0.05) is 6.20 Å². The average molecular weight is 176 g/mol. The van der Waals surface area contributed by atoms with E-state index in [9.17, 15) is 4.79 Å². The number of hydrogen-bond donors (Lipinski definition) is 1. The van der Waals surface area contributed by atoms with Gasteiger partial charge < -0.3 is 9.51 Å². The lowest BCUT2D eigenvalue weighted by Crippen LogP contribution is -1.99. The van der Waals surface area contributed by atoms with Gasteiger partial charge in [0.2, 0.25) is 0 Å². The molecule has 0 unspecified atom stereocenters. The predicted octanol–water partition coefficient (Wildman–Crippen LogP) is 1.34. The van der Waals surface area contributed by atoms with Crippen LogP contribution in [-0.4, -0.2) is 20.5 Å². The van der Waals surface area contributed by atoms with E-state index in [1.807, 2.05) is 12.1 Å². The molecule has 4 heteroatoms. The topological polar surface area (TPSA) is 54.6 Å². The zero-order valence-corrected chi connectivity index (χ0v) is 7.06. The van der Waals surface area contributed by atoms with Crippen molar-refractivity contribution >= 4 is 11.6 Å². The van der Waals surface area contributed by atoms with E-state index >= 15 is 0 Å². The lowest BCUT2D eigenvalue weighted by molar-refractivity contribution is 0.0690. The van der Waals surface area contributed by atoms with Crippen LogP contribution in [0.4, 0.5) is 0 Å². The maximum Gasteiger partial charge on any atom is 0.356 e. The highest BCUT2D eigenvalue weighted by molar-refractivity contribution is 5.87. The Bertz CT molecular complexity index is 473. The van der Waals surface area contributed by atoms with Gasteiger partial charge in [0.15, 0.2) is 5.69 Å². The number of nitrogens with zero attached hydrogens (tertiary/aromatic N) is 2. The zero-order chi connectivity index (χ0) is 9.42. The Balaban J connectivity index is 2.81. The van der Waals surface area contributed by atoms with Crippen molar-refractivity contribution in [2.75, 3.05) is 0 Å². The maximum absolute atomic E-state index is 10.7. The molecule has 0 amide bonds. The second kappa shape index (κ2) is 2.58. The van der Waals surface area contributed by atoms with Crippen LogP contribution in [0, 0.1) is 6.92 Å². The second-order valence-electron chi connectivity index (χ2n) is 2.78. The molecule has 0 bridgehead atoms. The molecule has 2 aromatic rings. The van der Waals surface area contributed by atoms with Crippen molar-refractivity contribution in [2.45, 2.75) is 6.92 Å². The summed E-state index contributed by atoms with van der Waals surface area (Å²) in [4.78, 5) is 14.7. The smallest absolute Gasteiger partial charge is 0.356 e. The molecule has 0 saturated heterocycles. The standard InChI is InChI=1S/C9H8N2O2/c1-6-8(9(12)13)10-7-4-2-3-5-11(6)7/h2-5H,1H3,(H,12,13). The third-order valence-electron chi connectivity index (χ3n) is 1.97. The van der Waals surface area contributed by atoms with Crippen LogP contribution in [0.5, 0.6) is 0 Å². The lowest BCUT2D eigenvalue weighted by atomic mass is 10.3. The highest BCUT2D eigenvalue weighted by atomic mass is 16.4. The molecular formula is C9H8N2O2. The van der Waals surface area contributed by atoms with Crippen LogP contribution in [0.3, 0.4) is 0 Å². The lowest BCUT2D eigenvalue weighted by Gasteiger charge is -1.93. The highest BCUT2D eigenvalue weighted by Gasteiger charge is 2.13. The van der Waals surface area contributed by atoms with Gasteiger partial charge in [-0.15, -0.1) is 0 Å². The molecule has 2 aromatic heterocycles. The SMILES string of the molecule is Cc1c(C(=O)O)nc2ccccn12. The van der Waals surface area contributed by atoms with Gasteiger partial charge in [-0.3, -0.25) is 0 Å². The second-order valence-corrected chi connectivity index (χ2v) is 2.78. The van der Waals surface area contributed by atoms with Crippen molar-refractivity contribution < 1.29 is 9.90 Å². The van der Waals surface area contributed by atoms with Crippen molar-refractivity contribution in [1.82, 2.24) is 9.38 Å². The van der Waals surface area contributed by atoms with E-state index in [1.165, 1.54) is 0 Å². The molecule has 0 aromatic carbocycles. The van der Waals surface area contributed by atoms with E-state index in [0.717, 1.165) is 0 Å². The van der Waals surface area contributed by atoms with Crippen LogP contribution in [0.15, 0.2) is 24.4 Å². The van der Waals surface area contributed by atoms with E-state index in [1.54, 1.807) is 23.6 Å². The number of imidazole rings is 1. The molecule has 4 nitrogen and oxygen atoms in total. The summed E-state index contributed by atoms with van der Waals surface area (Å²) in [5.74, 6) is -0.985. The van der Waals surface area contributed by atoms with Gasteiger partial charge in [0.25, 0.3) is 0 Å². The molecule has 66 valence electrons. The van der Waals surface area contributed by atoms with Gasteiger partial charge in [-0.25, -0.2) is 9.78 Å². The Labute approximate surface area is 74.5 Å². The number of carbonyl (C=O) groups is 1. The van der Waals surface area contributed by atoms with Gasteiger partial charge in [-0.2, -0.15) is 0 Å². The molecule has 0 aliphatic carbocycles. The van der Waals surface area contributed by atoms with Crippen LogP contribution >= 0.6 is 0 Å². The summed E-state index contributed by atoms with van der Waals surface area (Å²) in [5, 5.41) is 8.79. The first-order chi connectivity index (χ1) is 6.20. The van der Waals surface area contributed by atoms with Gasteiger partial charge in [-0.05, 0) is 19.1 Å². The van der Waals surface area contributed by atoms with Crippen molar-refractivity contribution in [1.29, 1.82) is 0 Å². The number of carboxylic acids is 1. The average Bonchev–Trinajstić information content (AvgIpc) is 2.45. The number of hydrogen-bond acceptors (Lipinski definition) is 2. The largest absolute Gasteiger partial charge is 0.476 e. The van der Waals surface area contributed by atoms with Crippen molar-refractivity contribution in [3.05, 3.63) is 35.8 Å². The molecule has 13 heavy (non-hydrogen) atoms. The number of carboxylic acid groups (broad SMARTS) is 1. The first kappa shape index (κ1) is 7.79. The summed E-state index contributed by atoms with van der Waals surface area (Å²) < 4.78 is 1.75. The minimum atomic E-state index is -0.985. The molecule has 0 fully saturated rings. The van der Waals surface area contributed by atoms with Crippen LogP contribution in [0.25, 0.3) is 5.65 Å². The minimum Gasteiger partial charge on any atom is -0.476 e. The Morgan fingerprint density at radius 1 is 1.54 bits per heavy atom. The Morgan fingerprint density at radius 3 is 2.92 bits per heavy atom. The molecule has 0 spiro atoms. The molecule has 0 aliphatic rings. The Kier molecular flexibility index (Phi) is 1.55. The fourth-order valence-electron chi connectivity index (χ4n) is 1.32. The van der Waals surface area contributed by atoms with Crippen molar-refractivity contribution in [3.8, 4) is 0 Å². The summed E-state index contributed by atoms with van der Waals surface area (Å²) in [5.41, 5.74) is 1.44. The molecule has 1 N–H and O–H groups in total. The van der Waals surface area contributed by atoms with E-state index in [4.69, 9.17) is 5.11 Å². The number of pyridine rings is 1. The molecule has 0 aliphatic heterocycles. The fourth-order valence-corrected chi connectivity index (χ4v) is 1.32. The zero-order valence-electron chi connectivity index (χ0n) is 7.06. The Morgan fingerprint density at radius 2 is 2.31 bits per heavy atom. The van der Waals surface area contributed by atoms with Crippen molar-refractivity contribution in [3.63, 3.8) is 0 Å². The number of aryl methyl sites for hydroxylation is 1. The maximum atomic E-state index is 10.7. The normalized spacial score (nSPS) is 10.5. The van der Waals surface area contributed by atoms with Crippen LogP contribution < -0.4 is 0 Å². The fraction of sp³-hybridized carbons (Fsp3) is 0.111. The van der Waals surface area contributed by atoms with E-state index in [-0.39, 0.29) is 5.69 Å². The van der Waals surface area contributed by atoms with E-state index < -0.39 is 5.97 Å². The molecule has 0 saturated carbocycles. The molecule has 0 radical (unpaired) electrons. The summed E-state index contributed by atoms with van der Waals surface area (Å²) in [6, 6.07) is 5.44. The summed E-state index contributed by atoms with van der Waals surface area (Å²) in [6.07, 6.45) is 1.80. The molecule has 0 atom stereocenters. The number of aromatic carboxylic acids is 1. The third kappa shape index (κ3) is 1.07. The van der Waals surface area contributed by atoms with Crippen LogP contribution in [0.2, 0.25) is 0 Å². The summed E-state index contributed by atoms with van der Waals surface area (Å²) >= 11 is 0. The van der Waals surface area contributed by atoms with Crippen LogP contribution in [-0.2, 0) is 0 Å². The van der Waals surface area contributed by atoms with Crippen LogP contribution in [0.1, 0.15) is 16.2 Å². The van der Waals surface area contributed by atoms with Crippen molar-refractivity contribution in [2.24, 2.45) is 0 Å². The van der Waals surface area contributed by atoms with Gasteiger partial charge >= 0.3 is 5.97 Å². The highest BCUT2D eigenvalue weighted by Crippen LogP contribution is 2.10. The van der Waals surface area contributed by atoms with E-state index in [0.29, 0.717) is 11.3 Å². The van der Waals surface area contributed by atoms with Gasteiger partial charge in [0.1, 0.15) is 5.65 Å². The quantitative estimate of drug-likeness (QED) is 0.713. The van der Waals surface area contributed by atoms with Gasteiger partial charge in [-0.1, -0.05) is 6.07 Å². The Hall–Kier alpha value is -1.84. The summed E-state index contributed by atoms with van der Waals surface area (Å²) in [6.45, 7) is 1.74. The third-order valence-corrected chi connectivity index (χ3v) is 1.97. The monoisotopic (exact) mass is 176 g/mol. The number of rotatable bonds is 1. The molecular weight excluding hydrogens is 168 g/mol. The first-order valence-electron chi connectivity index (χ1n) is 3.87.